The van der Waals surface area contributed by atoms with Crippen molar-refractivity contribution >= 4 is 5.97 Å². The summed E-state index contributed by atoms with van der Waals surface area (Å²) in [4.78, 5) is 12.7. The normalized spacial score (nSPS) is 18.2. The van der Waals surface area contributed by atoms with Gasteiger partial charge in [-0.15, -0.1) is 0 Å². The van der Waals surface area contributed by atoms with E-state index in [2.05, 4.69) is 13.8 Å². The zero-order valence-electron chi connectivity index (χ0n) is 15.5. The maximum Gasteiger partial charge on any atom is 0.340 e. The van der Waals surface area contributed by atoms with Crippen LogP contribution in [0.5, 0.6) is 17.2 Å². The number of benzene rings is 3. The fraction of sp³-hybridized carbons (Fsp3) is 0.174. The molecular weight excluding hydrogens is 356 g/mol. The molecule has 0 amide bonds. The topological polar surface area (TPSA) is 87.0 Å². The van der Waals surface area contributed by atoms with Crippen LogP contribution in [-0.2, 0) is 10.3 Å². The molecule has 1 aliphatic heterocycles. The van der Waals surface area contributed by atoms with Crippen molar-refractivity contribution in [1.82, 2.24) is 0 Å². The van der Waals surface area contributed by atoms with Crippen LogP contribution in [0.15, 0.2) is 60.7 Å². The molecule has 28 heavy (non-hydrogen) atoms. The lowest BCUT2D eigenvalue weighted by molar-refractivity contribution is 0.0239. The van der Waals surface area contributed by atoms with E-state index in [1.54, 1.807) is 24.3 Å². The molecule has 3 aromatic rings. The average Bonchev–Trinajstić information content (AvgIpc) is 2.95. The molecule has 0 saturated carbocycles. The monoisotopic (exact) mass is 376 g/mol. The summed E-state index contributed by atoms with van der Waals surface area (Å²) < 4.78 is 5.85. The summed E-state index contributed by atoms with van der Waals surface area (Å²) in [5.41, 5.74) is 1.07. The summed E-state index contributed by atoms with van der Waals surface area (Å²) in [7, 11) is 0. The Morgan fingerprint density at radius 3 is 2.11 bits per heavy atom. The van der Waals surface area contributed by atoms with Gasteiger partial charge in [0.25, 0.3) is 0 Å². The first-order valence-corrected chi connectivity index (χ1v) is 9.03. The van der Waals surface area contributed by atoms with Gasteiger partial charge in [-0.25, -0.2) is 4.79 Å². The van der Waals surface area contributed by atoms with Crippen molar-refractivity contribution in [2.75, 3.05) is 0 Å². The maximum atomic E-state index is 12.7. The first-order chi connectivity index (χ1) is 13.3. The molecule has 0 fully saturated rings. The molecule has 1 unspecified atom stereocenters. The summed E-state index contributed by atoms with van der Waals surface area (Å²) in [5.74, 6) is -1.25. The van der Waals surface area contributed by atoms with Crippen LogP contribution in [0.1, 0.15) is 52.4 Å². The summed E-state index contributed by atoms with van der Waals surface area (Å²) in [6, 6.07) is 16.7. The molecule has 0 radical (unpaired) electrons. The minimum absolute atomic E-state index is 0.0147. The van der Waals surface area contributed by atoms with Gasteiger partial charge >= 0.3 is 5.97 Å². The van der Waals surface area contributed by atoms with Crippen LogP contribution in [0.2, 0.25) is 0 Å². The Balaban J connectivity index is 2.06. The SMILES string of the molecule is CC(C)c1ccc(C2(c3c(O)cc(O)cc3O)OC(=O)c3ccccc32)cc1. The van der Waals surface area contributed by atoms with Gasteiger partial charge in [0.1, 0.15) is 17.2 Å². The number of aromatic hydroxyl groups is 3. The summed E-state index contributed by atoms with van der Waals surface area (Å²) >= 11 is 0. The van der Waals surface area contributed by atoms with Gasteiger partial charge in [0.15, 0.2) is 5.60 Å². The fourth-order valence-electron chi connectivity index (χ4n) is 3.82. The zero-order valence-corrected chi connectivity index (χ0v) is 15.5. The van der Waals surface area contributed by atoms with Gasteiger partial charge in [0.2, 0.25) is 0 Å². The second-order valence-electron chi connectivity index (χ2n) is 7.25. The second-order valence-corrected chi connectivity index (χ2v) is 7.25. The summed E-state index contributed by atoms with van der Waals surface area (Å²) in [5, 5.41) is 30.9. The van der Waals surface area contributed by atoms with Gasteiger partial charge < -0.3 is 20.1 Å². The minimum atomic E-state index is -1.52. The van der Waals surface area contributed by atoms with Gasteiger partial charge in [0.05, 0.1) is 11.1 Å². The number of rotatable bonds is 3. The molecule has 0 saturated heterocycles. The number of hydrogen-bond acceptors (Lipinski definition) is 5. The molecule has 0 aromatic heterocycles. The first kappa shape index (κ1) is 17.9. The van der Waals surface area contributed by atoms with E-state index in [0.29, 0.717) is 22.6 Å². The lowest BCUT2D eigenvalue weighted by atomic mass is 9.78. The van der Waals surface area contributed by atoms with Crippen molar-refractivity contribution in [3.8, 4) is 17.2 Å². The number of carbonyl (C=O) groups is 1. The highest BCUT2D eigenvalue weighted by atomic mass is 16.6. The fourth-order valence-corrected chi connectivity index (χ4v) is 3.82. The maximum absolute atomic E-state index is 12.7. The third-order valence-electron chi connectivity index (χ3n) is 5.19. The molecule has 0 bridgehead atoms. The standard InChI is InChI=1S/C23H20O5/c1-13(2)14-7-9-15(10-8-14)23(21-19(25)11-16(24)12-20(21)26)18-6-4-3-5-17(18)22(27)28-23/h3-13,24-26H,1-2H3. The van der Waals surface area contributed by atoms with Crippen molar-refractivity contribution < 1.29 is 24.9 Å². The first-order valence-electron chi connectivity index (χ1n) is 9.03. The molecule has 0 aliphatic carbocycles. The van der Waals surface area contributed by atoms with Crippen LogP contribution in [-0.4, -0.2) is 21.3 Å². The van der Waals surface area contributed by atoms with Crippen molar-refractivity contribution in [2.45, 2.75) is 25.4 Å². The van der Waals surface area contributed by atoms with Crippen LogP contribution >= 0.6 is 0 Å². The average molecular weight is 376 g/mol. The van der Waals surface area contributed by atoms with E-state index in [1.165, 1.54) is 0 Å². The quantitative estimate of drug-likeness (QED) is 0.590. The minimum Gasteiger partial charge on any atom is -0.508 e. The van der Waals surface area contributed by atoms with E-state index in [1.807, 2.05) is 24.3 Å². The van der Waals surface area contributed by atoms with E-state index in [-0.39, 0.29) is 22.8 Å². The van der Waals surface area contributed by atoms with Crippen molar-refractivity contribution in [3.05, 3.63) is 88.5 Å². The Morgan fingerprint density at radius 1 is 0.893 bits per heavy atom. The molecule has 1 aliphatic rings. The molecule has 1 heterocycles. The lowest BCUT2D eigenvalue weighted by Crippen LogP contribution is -2.29. The number of phenols is 3. The molecule has 142 valence electrons. The Kier molecular flexibility index (Phi) is 4.03. The van der Waals surface area contributed by atoms with Crippen LogP contribution in [0.25, 0.3) is 0 Å². The number of cyclic esters (lactones) is 1. The molecule has 1 atom stereocenters. The van der Waals surface area contributed by atoms with Crippen molar-refractivity contribution in [2.24, 2.45) is 0 Å². The van der Waals surface area contributed by atoms with E-state index >= 15 is 0 Å². The van der Waals surface area contributed by atoms with Gasteiger partial charge in [-0.05, 0) is 17.5 Å². The molecule has 5 nitrogen and oxygen atoms in total. The third kappa shape index (κ3) is 2.51. The molecule has 3 aromatic carbocycles. The number of fused-ring (bicyclic) bond motifs is 1. The number of hydrogen-bond donors (Lipinski definition) is 3. The Hall–Kier alpha value is -3.47. The van der Waals surface area contributed by atoms with Crippen molar-refractivity contribution in [1.29, 1.82) is 0 Å². The van der Waals surface area contributed by atoms with Crippen molar-refractivity contribution in [3.63, 3.8) is 0 Å². The van der Waals surface area contributed by atoms with Crippen LogP contribution in [0.3, 0.4) is 0 Å². The summed E-state index contributed by atoms with van der Waals surface area (Å²) in [6.45, 7) is 4.15. The Morgan fingerprint density at radius 2 is 1.50 bits per heavy atom. The van der Waals surface area contributed by atoms with E-state index in [4.69, 9.17) is 4.74 Å². The summed E-state index contributed by atoms with van der Waals surface area (Å²) in [6.07, 6.45) is 0. The molecule has 4 rings (SSSR count). The highest BCUT2D eigenvalue weighted by molar-refractivity contribution is 5.96. The molecule has 5 heteroatoms. The van der Waals surface area contributed by atoms with Crippen LogP contribution < -0.4 is 0 Å². The Labute approximate surface area is 162 Å². The molecule has 0 spiro atoms. The molecular formula is C23H20O5. The zero-order chi connectivity index (χ0) is 20.1. The van der Waals surface area contributed by atoms with Gasteiger partial charge in [-0.1, -0.05) is 56.3 Å². The van der Waals surface area contributed by atoms with Gasteiger partial charge in [-0.3, -0.25) is 0 Å². The van der Waals surface area contributed by atoms with E-state index < -0.39 is 11.6 Å². The number of esters is 1. The number of phenolic OH excluding ortho intramolecular Hbond substituents is 3. The predicted octanol–water partition coefficient (Wildman–Crippen LogP) is 4.39. The largest absolute Gasteiger partial charge is 0.508 e. The van der Waals surface area contributed by atoms with Gasteiger partial charge in [-0.2, -0.15) is 0 Å². The predicted molar refractivity (Wildman–Crippen MR) is 104 cm³/mol. The highest BCUT2D eigenvalue weighted by Crippen LogP contribution is 2.53. The smallest absolute Gasteiger partial charge is 0.340 e. The molecule has 3 N–H and O–H groups in total. The van der Waals surface area contributed by atoms with Crippen LogP contribution in [0.4, 0.5) is 0 Å². The van der Waals surface area contributed by atoms with E-state index in [0.717, 1.165) is 17.7 Å². The highest BCUT2D eigenvalue weighted by Gasteiger charge is 2.51. The second kappa shape index (κ2) is 6.30. The number of carbonyl (C=O) groups excluding carboxylic acids is 1. The van der Waals surface area contributed by atoms with E-state index in [9.17, 15) is 20.1 Å². The lowest BCUT2D eigenvalue weighted by Gasteiger charge is -2.31. The number of ether oxygens (including phenoxy) is 1. The Bertz CT molecular complexity index is 1050. The van der Waals surface area contributed by atoms with Gasteiger partial charge in [0, 0.05) is 23.3 Å². The third-order valence-corrected chi connectivity index (χ3v) is 5.19. The van der Waals surface area contributed by atoms with Crippen LogP contribution in [0, 0.1) is 0 Å².